The summed E-state index contributed by atoms with van der Waals surface area (Å²) in [5, 5.41) is 17.0. The lowest BCUT2D eigenvalue weighted by Gasteiger charge is -2.39. The number of piperazine rings is 1. The van der Waals surface area contributed by atoms with E-state index in [-0.39, 0.29) is 11.9 Å². The molecular formula is C20H21N5O2S2. The summed E-state index contributed by atoms with van der Waals surface area (Å²) in [6.07, 6.45) is 1.48. The summed E-state index contributed by atoms with van der Waals surface area (Å²) in [5.74, 6) is 1.07. The Labute approximate surface area is 176 Å². The molecule has 1 saturated heterocycles. The predicted octanol–water partition coefficient (Wildman–Crippen LogP) is 3.48. The Morgan fingerprint density at radius 3 is 2.55 bits per heavy atom. The van der Waals surface area contributed by atoms with E-state index >= 15 is 0 Å². The van der Waals surface area contributed by atoms with Crippen LogP contribution in [-0.4, -0.2) is 57.9 Å². The maximum Gasteiger partial charge on any atom is 0.230 e. The third-order valence-electron chi connectivity index (χ3n) is 5.32. The second-order valence-corrected chi connectivity index (χ2v) is 8.87. The van der Waals surface area contributed by atoms with Gasteiger partial charge in [0.05, 0.1) is 18.0 Å². The molecule has 1 atom stereocenters. The van der Waals surface area contributed by atoms with Gasteiger partial charge in [0, 0.05) is 36.7 Å². The minimum atomic E-state index is 0.0153. The molecule has 7 nitrogen and oxygen atoms in total. The van der Waals surface area contributed by atoms with Crippen LogP contribution >= 0.6 is 22.7 Å². The van der Waals surface area contributed by atoms with Gasteiger partial charge in [0.1, 0.15) is 12.1 Å². The fraction of sp³-hybridized carbons (Fsp3) is 0.300. The molecule has 9 heteroatoms. The number of methoxy groups -OCH3 is 1. The Balaban J connectivity index is 1.39. The largest absolute Gasteiger partial charge is 0.497 e. The van der Waals surface area contributed by atoms with Crippen molar-refractivity contribution in [3.05, 3.63) is 57.9 Å². The zero-order chi connectivity index (χ0) is 19.8. The lowest BCUT2D eigenvalue weighted by molar-refractivity contribution is 0.213. The van der Waals surface area contributed by atoms with Gasteiger partial charge in [-0.05, 0) is 35.7 Å². The number of hydrogen-bond donors (Lipinski definition) is 1. The van der Waals surface area contributed by atoms with Gasteiger partial charge in [-0.1, -0.05) is 17.4 Å². The normalized spacial score (nSPS) is 16.4. The highest BCUT2D eigenvalue weighted by molar-refractivity contribution is 7.17. The van der Waals surface area contributed by atoms with Crippen molar-refractivity contribution in [2.45, 2.75) is 6.04 Å². The van der Waals surface area contributed by atoms with E-state index in [2.05, 4.69) is 49.5 Å². The van der Waals surface area contributed by atoms with Crippen LogP contribution in [0.2, 0.25) is 0 Å². The average molecular weight is 428 g/mol. The van der Waals surface area contributed by atoms with Crippen molar-refractivity contribution < 1.29 is 9.84 Å². The van der Waals surface area contributed by atoms with Crippen LogP contribution < -0.4 is 9.64 Å². The SMILES string of the molecule is COc1ccc(N2CCN([C@@H](c3cccs3)c3sc4ncnn4c3O)CC2)cc1. The first-order valence-corrected chi connectivity index (χ1v) is 11.1. The summed E-state index contributed by atoms with van der Waals surface area (Å²) in [7, 11) is 1.69. The molecule has 0 spiro atoms. The molecule has 29 heavy (non-hydrogen) atoms. The van der Waals surface area contributed by atoms with Gasteiger partial charge in [0.25, 0.3) is 0 Å². The molecule has 150 valence electrons. The van der Waals surface area contributed by atoms with Crippen molar-refractivity contribution in [1.29, 1.82) is 0 Å². The second-order valence-electron chi connectivity index (χ2n) is 6.88. The molecule has 0 radical (unpaired) electrons. The average Bonchev–Trinajstić information content (AvgIpc) is 3.50. The number of thiophene rings is 1. The zero-order valence-electron chi connectivity index (χ0n) is 15.9. The standard InChI is InChI=1S/C20H21N5O2S2/c1-27-15-6-4-14(5-7-15)23-8-10-24(11-9-23)17(16-3-2-12-28-16)18-19(26)25-20(29-18)21-13-22-25/h2-7,12-13,17,26H,8-11H2,1H3/t17-/m0/s1. The number of hydrogen-bond acceptors (Lipinski definition) is 8. The van der Waals surface area contributed by atoms with Crippen LogP contribution in [0.4, 0.5) is 5.69 Å². The minimum Gasteiger partial charge on any atom is -0.497 e. The third kappa shape index (κ3) is 3.35. The number of thiazole rings is 1. The Morgan fingerprint density at radius 1 is 1.10 bits per heavy atom. The van der Waals surface area contributed by atoms with E-state index in [0.29, 0.717) is 0 Å². The van der Waals surface area contributed by atoms with Crippen LogP contribution in [0.25, 0.3) is 4.96 Å². The summed E-state index contributed by atoms with van der Waals surface area (Å²) in [6.45, 7) is 3.66. The fourth-order valence-corrected chi connectivity index (χ4v) is 5.85. The number of aromatic hydroxyl groups is 1. The quantitative estimate of drug-likeness (QED) is 0.526. The molecule has 3 aromatic heterocycles. The molecule has 1 fully saturated rings. The molecular weight excluding hydrogens is 406 g/mol. The number of aromatic nitrogens is 3. The van der Waals surface area contributed by atoms with Gasteiger partial charge >= 0.3 is 0 Å². The molecule has 1 aliphatic heterocycles. The molecule has 1 aliphatic rings. The number of ether oxygens (including phenoxy) is 1. The molecule has 0 unspecified atom stereocenters. The summed E-state index contributed by atoms with van der Waals surface area (Å²) < 4.78 is 6.79. The molecule has 1 aromatic carbocycles. The molecule has 4 aromatic rings. The first-order chi connectivity index (χ1) is 14.2. The van der Waals surface area contributed by atoms with E-state index in [0.717, 1.165) is 41.8 Å². The van der Waals surface area contributed by atoms with Gasteiger partial charge < -0.3 is 14.7 Å². The number of fused-ring (bicyclic) bond motifs is 1. The highest BCUT2D eigenvalue weighted by atomic mass is 32.1. The Morgan fingerprint density at radius 2 is 1.90 bits per heavy atom. The first kappa shape index (κ1) is 18.4. The van der Waals surface area contributed by atoms with Crippen LogP contribution in [0.15, 0.2) is 48.1 Å². The van der Waals surface area contributed by atoms with Gasteiger partial charge in [0.15, 0.2) is 0 Å². The van der Waals surface area contributed by atoms with Crippen molar-refractivity contribution in [2.75, 3.05) is 38.2 Å². The molecule has 0 aliphatic carbocycles. The number of benzene rings is 1. The van der Waals surface area contributed by atoms with Crippen LogP contribution in [0.3, 0.4) is 0 Å². The van der Waals surface area contributed by atoms with Gasteiger partial charge in [-0.15, -0.1) is 11.3 Å². The molecule has 0 bridgehead atoms. The molecule has 0 saturated carbocycles. The van der Waals surface area contributed by atoms with E-state index in [4.69, 9.17) is 4.74 Å². The Hall–Kier alpha value is -2.62. The minimum absolute atomic E-state index is 0.0153. The van der Waals surface area contributed by atoms with Crippen molar-refractivity contribution in [3.8, 4) is 11.6 Å². The van der Waals surface area contributed by atoms with Gasteiger partial charge in [-0.3, -0.25) is 4.90 Å². The monoisotopic (exact) mass is 427 g/mol. The predicted molar refractivity (Wildman–Crippen MR) is 115 cm³/mol. The third-order valence-corrected chi connectivity index (χ3v) is 7.33. The smallest absolute Gasteiger partial charge is 0.230 e. The van der Waals surface area contributed by atoms with E-state index in [1.165, 1.54) is 32.7 Å². The van der Waals surface area contributed by atoms with Crippen molar-refractivity contribution in [2.24, 2.45) is 0 Å². The topological polar surface area (TPSA) is 66.1 Å². The molecule has 0 amide bonds. The summed E-state index contributed by atoms with van der Waals surface area (Å²) in [4.78, 5) is 11.9. The van der Waals surface area contributed by atoms with Gasteiger partial charge in [-0.25, -0.2) is 4.98 Å². The number of rotatable bonds is 5. The van der Waals surface area contributed by atoms with Gasteiger partial charge in [-0.2, -0.15) is 9.61 Å². The van der Waals surface area contributed by atoms with Crippen LogP contribution in [-0.2, 0) is 0 Å². The lowest BCUT2D eigenvalue weighted by Crippen LogP contribution is -2.47. The number of anilines is 1. The zero-order valence-corrected chi connectivity index (χ0v) is 17.6. The van der Waals surface area contributed by atoms with Crippen LogP contribution in [0.1, 0.15) is 15.8 Å². The number of nitrogens with zero attached hydrogens (tertiary/aromatic N) is 5. The maximum absolute atomic E-state index is 10.8. The van der Waals surface area contributed by atoms with Crippen molar-refractivity contribution >= 4 is 33.3 Å². The van der Waals surface area contributed by atoms with E-state index < -0.39 is 0 Å². The lowest BCUT2D eigenvalue weighted by atomic mass is 10.1. The van der Waals surface area contributed by atoms with Gasteiger partial charge in [0.2, 0.25) is 10.8 Å². The molecule has 5 rings (SSSR count). The Bertz CT molecular complexity index is 1080. The highest BCUT2D eigenvalue weighted by Gasteiger charge is 2.32. The molecule has 4 heterocycles. The van der Waals surface area contributed by atoms with E-state index in [1.54, 1.807) is 18.4 Å². The summed E-state index contributed by atoms with van der Waals surface area (Å²) >= 11 is 3.23. The van der Waals surface area contributed by atoms with E-state index in [1.807, 2.05) is 12.1 Å². The Kier molecular flexibility index (Phi) is 4.86. The van der Waals surface area contributed by atoms with Crippen LogP contribution in [0.5, 0.6) is 11.6 Å². The summed E-state index contributed by atoms with van der Waals surface area (Å²) in [5.41, 5.74) is 1.21. The molecule has 1 N–H and O–H groups in total. The van der Waals surface area contributed by atoms with Crippen LogP contribution in [0, 0.1) is 0 Å². The van der Waals surface area contributed by atoms with Crippen molar-refractivity contribution in [3.63, 3.8) is 0 Å². The fourth-order valence-electron chi connectivity index (χ4n) is 3.83. The highest BCUT2D eigenvalue weighted by Crippen LogP contribution is 2.41. The van der Waals surface area contributed by atoms with Crippen molar-refractivity contribution in [1.82, 2.24) is 19.5 Å². The first-order valence-electron chi connectivity index (χ1n) is 9.42. The summed E-state index contributed by atoms with van der Waals surface area (Å²) in [6, 6.07) is 12.4. The van der Waals surface area contributed by atoms with E-state index in [9.17, 15) is 5.11 Å². The second kappa shape index (κ2) is 7.66. The maximum atomic E-state index is 10.8.